The lowest BCUT2D eigenvalue weighted by atomic mass is 10.1. The van der Waals surface area contributed by atoms with Gasteiger partial charge in [-0.15, -0.1) is 0 Å². The van der Waals surface area contributed by atoms with Crippen LogP contribution in [-0.4, -0.2) is 42.1 Å². The molecule has 1 aliphatic rings. The molecule has 3 aromatic rings. The van der Waals surface area contributed by atoms with E-state index in [-0.39, 0.29) is 14.5 Å². The maximum Gasteiger partial charge on any atom is 0.325 e. The quantitative estimate of drug-likeness (QED) is 0.601. The number of anilines is 3. The number of thiazole rings is 1. The first-order valence-corrected chi connectivity index (χ1v) is 12.3. The van der Waals surface area contributed by atoms with Gasteiger partial charge in [0.05, 0.1) is 17.6 Å². The number of aryl methyl sites for hydroxylation is 2. The van der Waals surface area contributed by atoms with Gasteiger partial charge in [-0.25, -0.2) is 23.2 Å². The van der Waals surface area contributed by atoms with E-state index in [2.05, 4.69) is 31.6 Å². The summed E-state index contributed by atoms with van der Waals surface area (Å²) in [6, 6.07) is 5.43. The third-order valence-electron chi connectivity index (χ3n) is 5.09. The fraction of sp³-hybridized carbons (Fsp3) is 0.350. The molecule has 0 aliphatic carbocycles. The summed E-state index contributed by atoms with van der Waals surface area (Å²) in [4.78, 5) is 22.8. The van der Waals surface area contributed by atoms with Crippen molar-refractivity contribution in [3.8, 4) is 0 Å². The fourth-order valence-corrected chi connectivity index (χ4v) is 5.99. The van der Waals surface area contributed by atoms with Gasteiger partial charge in [0.15, 0.2) is 5.13 Å². The first-order valence-electron chi connectivity index (χ1n) is 9.96. The van der Waals surface area contributed by atoms with E-state index in [0.717, 1.165) is 48.5 Å². The van der Waals surface area contributed by atoms with Crippen LogP contribution in [0.4, 0.5) is 21.3 Å². The highest BCUT2D eigenvalue weighted by Crippen LogP contribution is 2.31. The number of imidazole rings is 1. The smallest absolute Gasteiger partial charge is 0.325 e. The van der Waals surface area contributed by atoms with E-state index >= 15 is 0 Å². The van der Waals surface area contributed by atoms with E-state index < -0.39 is 15.9 Å². The normalized spacial score (nSPS) is 14.5. The molecule has 0 spiro atoms. The highest BCUT2D eigenvalue weighted by Gasteiger charge is 2.25. The predicted octanol–water partition coefficient (Wildman–Crippen LogP) is 3.65. The number of nitrogens with one attached hydrogen (secondary N) is 2. The number of hydrogen-bond acceptors (Lipinski definition) is 7. The van der Waals surface area contributed by atoms with E-state index in [9.17, 15) is 13.2 Å². The van der Waals surface area contributed by atoms with Crippen molar-refractivity contribution in [1.29, 1.82) is 0 Å². The summed E-state index contributed by atoms with van der Waals surface area (Å²) in [5.74, 6) is 0. The van der Waals surface area contributed by atoms with Crippen LogP contribution in [0.5, 0.6) is 0 Å². The minimum absolute atomic E-state index is 0.0152. The molecule has 1 aromatic carbocycles. The lowest BCUT2D eigenvalue weighted by Crippen LogP contribution is -2.31. The number of amides is 2. The van der Waals surface area contributed by atoms with Crippen LogP contribution in [0.15, 0.2) is 46.2 Å². The maximum atomic E-state index is 12.7. The van der Waals surface area contributed by atoms with Gasteiger partial charge in [-0.2, -0.15) is 0 Å². The number of aromatic nitrogens is 3. The number of carbonyl (C=O) groups excluding carboxylic acids is 1. The summed E-state index contributed by atoms with van der Waals surface area (Å²) in [7, 11) is -2.19. The summed E-state index contributed by atoms with van der Waals surface area (Å²) in [6.45, 7) is 3.94. The van der Waals surface area contributed by atoms with E-state index in [1.807, 2.05) is 19.1 Å². The van der Waals surface area contributed by atoms with E-state index in [1.54, 1.807) is 13.2 Å². The number of sulfone groups is 1. The van der Waals surface area contributed by atoms with Crippen molar-refractivity contribution in [2.24, 2.45) is 7.05 Å². The third-order valence-corrected chi connectivity index (χ3v) is 8.21. The number of hydrogen-bond donors (Lipinski definition) is 2. The number of benzene rings is 1. The first kappa shape index (κ1) is 21.3. The van der Waals surface area contributed by atoms with Crippen LogP contribution in [-0.2, 0) is 16.9 Å². The van der Waals surface area contributed by atoms with Gasteiger partial charge < -0.3 is 14.8 Å². The summed E-state index contributed by atoms with van der Waals surface area (Å²) in [5, 5.41) is 5.63. The molecule has 1 saturated heterocycles. The monoisotopic (exact) mass is 460 g/mol. The zero-order valence-corrected chi connectivity index (χ0v) is 19.0. The summed E-state index contributed by atoms with van der Waals surface area (Å²) in [6.07, 6.45) is 7.69. The molecule has 0 saturated carbocycles. The van der Waals surface area contributed by atoms with Crippen LogP contribution in [0.25, 0.3) is 0 Å². The van der Waals surface area contributed by atoms with Crippen LogP contribution < -0.4 is 15.5 Å². The number of carbonyl (C=O) groups is 1. The minimum Gasteiger partial charge on any atom is -0.370 e. The summed E-state index contributed by atoms with van der Waals surface area (Å²) >= 11 is 0.886. The number of piperidine rings is 1. The molecule has 0 atom stereocenters. The Morgan fingerprint density at radius 3 is 2.61 bits per heavy atom. The highest BCUT2D eigenvalue weighted by atomic mass is 32.2. The van der Waals surface area contributed by atoms with Crippen molar-refractivity contribution < 1.29 is 13.2 Å². The second kappa shape index (κ2) is 8.67. The Morgan fingerprint density at radius 1 is 1.13 bits per heavy atom. The average Bonchev–Trinajstić information content (AvgIpc) is 3.39. The second-order valence-electron chi connectivity index (χ2n) is 7.46. The van der Waals surface area contributed by atoms with Gasteiger partial charge in [0.1, 0.15) is 4.21 Å². The number of rotatable bonds is 5. The SMILES string of the molecule is Cc1ccc(NC(=O)Nc2ncc(S(=O)(=O)c3nccn3C)s2)c(N2CCCCC2)c1. The fourth-order valence-electron chi connectivity index (χ4n) is 3.54. The Morgan fingerprint density at radius 2 is 1.90 bits per heavy atom. The summed E-state index contributed by atoms with van der Waals surface area (Å²) in [5.41, 5.74) is 2.82. The average molecular weight is 461 g/mol. The van der Waals surface area contributed by atoms with E-state index in [1.165, 1.54) is 23.4 Å². The van der Waals surface area contributed by atoms with Gasteiger partial charge in [0.2, 0.25) is 5.16 Å². The second-order valence-corrected chi connectivity index (χ2v) is 10.6. The van der Waals surface area contributed by atoms with Crippen LogP contribution in [0.2, 0.25) is 0 Å². The summed E-state index contributed by atoms with van der Waals surface area (Å²) < 4.78 is 26.9. The number of nitrogens with zero attached hydrogens (tertiary/aromatic N) is 4. The van der Waals surface area contributed by atoms with Gasteiger partial charge in [-0.1, -0.05) is 17.4 Å². The predicted molar refractivity (Wildman–Crippen MR) is 121 cm³/mol. The molecule has 3 heterocycles. The molecule has 0 radical (unpaired) electrons. The molecule has 11 heteroatoms. The van der Waals surface area contributed by atoms with Crippen molar-refractivity contribution in [1.82, 2.24) is 14.5 Å². The van der Waals surface area contributed by atoms with E-state index in [4.69, 9.17) is 0 Å². The molecule has 0 unspecified atom stereocenters. The standard InChI is InChI=1S/C20H24N6O3S2/c1-14-6-7-15(16(12-14)26-9-4-3-5-10-26)23-18(27)24-19-22-13-17(30-19)31(28,29)20-21-8-11-25(20)2/h6-8,11-13H,3-5,9-10H2,1-2H3,(H2,22,23,24,27). The van der Waals surface area contributed by atoms with E-state index in [0.29, 0.717) is 5.69 Å². The van der Waals surface area contributed by atoms with Crippen LogP contribution in [0.3, 0.4) is 0 Å². The first-order chi connectivity index (χ1) is 14.8. The Hall–Kier alpha value is -2.92. The Balaban J connectivity index is 1.49. The van der Waals surface area contributed by atoms with Gasteiger partial charge in [-0.05, 0) is 43.9 Å². The Kier molecular flexibility index (Phi) is 5.96. The minimum atomic E-state index is -3.80. The molecular weight excluding hydrogens is 436 g/mol. The van der Waals surface area contributed by atoms with Crippen molar-refractivity contribution in [2.75, 3.05) is 28.6 Å². The molecule has 31 heavy (non-hydrogen) atoms. The lowest BCUT2D eigenvalue weighted by Gasteiger charge is -2.30. The van der Waals surface area contributed by atoms with Crippen molar-refractivity contribution in [3.63, 3.8) is 0 Å². The molecule has 0 bridgehead atoms. The van der Waals surface area contributed by atoms with Gasteiger partial charge >= 0.3 is 6.03 Å². The van der Waals surface area contributed by atoms with Gasteiger partial charge in [-0.3, -0.25) is 5.32 Å². The molecular formula is C20H24N6O3S2. The van der Waals surface area contributed by atoms with Gasteiger partial charge in [0.25, 0.3) is 9.84 Å². The zero-order chi connectivity index (χ0) is 22.0. The molecule has 2 amide bonds. The zero-order valence-electron chi connectivity index (χ0n) is 17.3. The third kappa shape index (κ3) is 4.57. The van der Waals surface area contributed by atoms with Crippen molar-refractivity contribution >= 4 is 43.7 Å². The topological polar surface area (TPSA) is 109 Å². The Labute approximate surface area is 185 Å². The number of urea groups is 1. The molecule has 1 aliphatic heterocycles. The van der Waals surface area contributed by atoms with Crippen molar-refractivity contribution in [3.05, 3.63) is 42.4 Å². The lowest BCUT2D eigenvalue weighted by molar-refractivity contribution is 0.262. The molecule has 4 rings (SSSR count). The molecule has 9 nitrogen and oxygen atoms in total. The van der Waals surface area contributed by atoms with Gasteiger partial charge in [0, 0.05) is 32.5 Å². The van der Waals surface area contributed by atoms with Crippen LogP contribution in [0, 0.1) is 6.92 Å². The maximum absolute atomic E-state index is 12.7. The molecule has 1 fully saturated rings. The van der Waals surface area contributed by atoms with Crippen LogP contribution in [0.1, 0.15) is 24.8 Å². The van der Waals surface area contributed by atoms with Crippen LogP contribution >= 0.6 is 11.3 Å². The largest absolute Gasteiger partial charge is 0.370 e. The molecule has 164 valence electrons. The Bertz CT molecular complexity index is 1200. The highest BCUT2D eigenvalue weighted by molar-refractivity contribution is 7.93. The van der Waals surface area contributed by atoms with Crippen molar-refractivity contribution in [2.45, 2.75) is 35.6 Å². The molecule has 2 N–H and O–H groups in total. The molecule has 2 aromatic heterocycles.